The van der Waals surface area contributed by atoms with E-state index in [1.165, 1.54) is 4.90 Å². The van der Waals surface area contributed by atoms with Gasteiger partial charge in [-0.25, -0.2) is 4.79 Å². The molecule has 0 unspecified atom stereocenters. The quantitative estimate of drug-likeness (QED) is 0.776. The molecular formula is C14H20N2O4. The van der Waals surface area contributed by atoms with Crippen molar-refractivity contribution in [1.29, 1.82) is 0 Å². The summed E-state index contributed by atoms with van der Waals surface area (Å²) in [5, 5.41) is 11.7. The lowest BCUT2D eigenvalue weighted by Gasteiger charge is -2.32. The highest BCUT2D eigenvalue weighted by molar-refractivity contribution is 5.71. The van der Waals surface area contributed by atoms with Crippen molar-refractivity contribution in [2.75, 3.05) is 19.0 Å². The molecule has 0 aliphatic heterocycles. The van der Waals surface area contributed by atoms with Crippen molar-refractivity contribution in [1.82, 2.24) is 4.90 Å². The summed E-state index contributed by atoms with van der Waals surface area (Å²) in [6.45, 7) is 3.47. The van der Waals surface area contributed by atoms with Crippen LogP contribution in [0.5, 0.6) is 0 Å². The summed E-state index contributed by atoms with van der Waals surface area (Å²) in [7, 11) is 1.58. The van der Waals surface area contributed by atoms with Crippen LogP contribution in [-0.4, -0.2) is 41.7 Å². The van der Waals surface area contributed by atoms with Crippen molar-refractivity contribution < 1.29 is 19.4 Å². The number of nitrogens with one attached hydrogen (secondary N) is 1. The fraction of sp³-hybridized carbons (Fsp3) is 0.429. The van der Waals surface area contributed by atoms with E-state index >= 15 is 0 Å². The Balaban J connectivity index is 2.54. The molecule has 1 aromatic carbocycles. The van der Waals surface area contributed by atoms with E-state index in [0.717, 1.165) is 5.56 Å². The van der Waals surface area contributed by atoms with Gasteiger partial charge in [-0.3, -0.25) is 4.79 Å². The van der Waals surface area contributed by atoms with E-state index in [4.69, 9.17) is 4.74 Å². The fourth-order valence-electron chi connectivity index (χ4n) is 1.36. The summed E-state index contributed by atoms with van der Waals surface area (Å²) in [5.41, 5.74) is 0.813. The smallest absolute Gasteiger partial charge is 0.410 e. The predicted molar refractivity (Wildman–Crippen MR) is 75.2 cm³/mol. The minimum absolute atomic E-state index is 0.131. The van der Waals surface area contributed by atoms with Crippen LogP contribution in [0.25, 0.3) is 0 Å². The Morgan fingerprint density at radius 3 is 2.50 bits per heavy atom. The first kappa shape index (κ1) is 16.0. The van der Waals surface area contributed by atoms with Crippen molar-refractivity contribution in [3.63, 3.8) is 0 Å². The van der Waals surface area contributed by atoms with Crippen LogP contribution in [0.4, 0.5) is 10.5 Å². The number of ether oxygens (including phenoxy) is 1. The molecule has 1 rings (SSSR count). The largest absolute Gasteiger partial charge is 0.445 e. The van der Waals surface area contributed by atoms with Gasteiger partial charge in [-0.1, -0.05) is 12.1 Å². The van der Waals surface area contributed by atoms with Crippen molar-refractivity contribution in [3.05, 3.63) is 29.8 Å². The van der Waals surface area contributed by atoms with Gasteiger partial charge in [0.1, 0.15) is 6.61 Å². The van der Waals surface area contributed by atoms with Gasteiger partial charge >= 0.3 is 6.09 Å². The van der Waals surface area contributed by atoms with Gasteiger partial charge in [0.25, 0.3) is 0 Å². The van der Waals surface area contributed by atoms with Gasteiger partial charge in [0.05, 0.1) is 12.1 Å². The van der Waals surface area contributed by atoms with Gasteiger partial charge in [-0.05, 0) is 31.5 Å². The highest BCUT2D eigenvalue weighted by Gasteiger charge is 2.27. The molecule has 6 heteroatoms. The SMILES string of the molecule is CN(C(=O)OCc1ccc(NC=O)cc1)C(C)(C)CO. The van der Waals surface area contributed by atoms with E-state index in [-0.39, 0.29) is 13.2 Å². The molecule has 2 amide bonds. The first-order chi connectivity index (χ1) is 9.40. The minimum Gasteiger partial charge on any atom is -0.445 e. The summed E-state index contributed by atoms with van der Waals surface area (Å²) < 4.78 is 5.16. The first-order valence-corrected chi connectivity index (χ1v) is 6.21. The van der Waals surface area contributed by atoms with Gasteiger partial charge in [0, 0.05) is 12.7 Å². The van der Waals surface area contributed by atoms with Crippen LogP contribution < -0.4 is 5.32 Å². The van der Waals surface area contributed by atoms with Gasteiger partial charge < -0.3 is 20.1 Å². The maximum Gasteiger partial charge on any atom is 0.410 e. The van der Waals surface area contributed by atoms with E-state index in [1.807, 2.05) is 0 Å². The molecule has 0 bridgehead atoms. The molecule has 0 heterocycles. The lowest BCUT2D eigenvalue weighted by molar-refractivity contribution is -0.105. The monoisotopic (exact) mass is 280 g/mol. The van der Waals surface area contributed by atoms with Crippen LogP contribution in [0.2, 0.25) is 0 Å². The van der Waals surface area contributed by atoms with E-state index in [9.17, 15) is 14.7 Å². The average molecular weight is 280 g/mol. The topological polar surface area (TPSA) is 78.9 Å². The first-order valence-electron chi connectivity index (χ1n) is 6.21. The van der Waals surface area contributed by atoms with Crippen molar-refractivity contribution in [2.24, 2.45) is 0 Å². The van der Waals surface area contributed by atoms with E-state index in [0.29, 0.717) is 12.1 Å². The molecular weight excluding hydrogens is 260 g/mol. The number of hydrogen-bond acceptors (Lipinski definition) is 4. The van der Waals surface area contributed by atoms with Crippen LogP contribution in [-0.2, 0) is 16.1 Å². The lowest BCUT2D eigenvalue weighted by atomic mass is 10.1. The van der Waals surface area contributed by atoms with Crippen molar-refractivity contribution >= 4 is 18.2 Å². The van der Waals surface area contributed by atoms with Crippen molar-refractivity contribution in [3.8, 4) is 0 Å². The van der Waals surface area contributed by atoms with Crippen LogP contribution in [0, 0.1) is 0 Å². The second-order valence-corrected chi connectivity index (χ2v) is 5.04. The highest BCUT2D eigenvalue weighted by Crippen LogP contribution is 2.14. The van der Waals surface area contributed by atoms with Crippen LogP contribution in [0.15, 0.2) is 24.3 Å². The molecule has 0 saturated carbocycles. The Labute approximate surface area is 118 Å². The Hall–Kier alpha value is -2.08. The predicted octanol–water partition coefficient (Wildman–Crippen LogP) is 1.59. The van der Waals surface area contributed by atoms with Gasteiger partial charge in [-0.15, -0.1) is 0 Å². The van der Waals surface area contributed by atoms with E-state index in [2.05, 4.69) is 5.32 Å². The summed E-state index contributed by atoms with van der Waals surface area (Å²) >= 11 is 0. The molecule has 1 aromatic rings. The molecule has 0 aromatic heterocycles. The number of rotatable bonds is 6. The molecule has 6 nitrogen and oxygen atoms in total. The number of benzene rings is 1. The number of nitrogens with zero attached hydrogens (tertiary/aromatic N) is 1. The molecule has 0 saturated heterocycles. The lowest BCUT2D eigenvalue weighted by Crippen LogP contribution is -2.47. The average Bonchev–Trinajstić information content (AvgIpc) is 2.45. The molecule has 0 atom stereocenters. The Morgan fingerprint density at radius 1 is 1.40 bits per heavy atom. The molecule has 0 spiro atoms. The second-order valence-electron chi connectivity index (χ2n) is 5.04. The zero-order valence-electron chi connectivity index (χ0n) is 11.9. The van der Waals surface area contributed by atoms with Crippen LogP contribution in [0.3, 0.4) is 0 Å². The Bertz CT molecular complexity index is 457. The summed E-state index contributed by atoms with van der Waals surface area (Å²) in [6, 6.07) is 6.96. The summed E-state index contributed by atoms with van der Waals surface area (Å²) in [5.74, 6) is 0. The van der Waals surface area contributed by atoms with Crippen molar-refractivity contribution in [2.45, 2.75) is 26.0 Å². The number of hydrogen-bond donors (Lipinski definition) is 2. The van der Waals surface area contributed by atoms with Crippen LogP contribution in [0.1, 0.15) is 19.4 Å². The standard InChI is InChI=1S/C14H20N2O4/c1-14(2,9-17)16(3)13(19)20-8-11-4-6-12(7-5-11)15-10-18/h4-7,10,17H,8-9H2,1-3H3,(H,15,18). The van der Waals surface area contributed by atoms with Gasteiger partial charge in [-0.2, -0.15) is 0 Å². The number of likely N-dealkylation sites (N-methyl/N-ethyl adjacent to an activating group) is 1. The maximum absolute atomic E-state index is 11.8. The molecule has 0 aliphatic rings. The molecule has 20 heavy (non-hydrogen) atoms. The fourth-order valence-corrected chi connectivity index (χ4v) is 1.36. The Morgan fingerprint density at radius 2 is 2.00 bits per heavy atom. The molecule has 110 valence electrons. The third-order valence-corrected chi connectivity index (χ3v) is 3.11. The second kappa shape index (κ2) is 6.91. The summed E-state index contributed by atoms with van der Waals surface area (Å²) in [6.07, 6.45) is 0.0974. The summed E-state index contributed by atoms with van der Waals surface area (Å²) in [4.78, 5) is 23.4. The third kappa shape index (κ3) is 4.24. The Kier molecular flexibility index (Phi) is 5.52. The van der Waals surface area contributed by atoms with Crippen LogP contribution >= 0.6 is 0 Å². The number of aliphatic hydroxyl groups excluding tert-OH is 1. The normalized spacial score (nSPS) is 10.8. The maximum atomic E-state index is 11.8. The zero-order valence-corrected chi connectivity index (χ0v) is 11.9. The minimum atomic E-state index is -0.672. The number of anilines is 1. The molecule has 0 fully saturated rings. The number of carbonyl (C=O) groups excluding carboxylic acids is 2. The molecule has 2 N–H and O–H groups in total. The molecule has 0 aliphatic carbocycles. The molecule has 0 radical (unpaired) electrons. The van der Waals surface area contributed by atoms with Gasteiger partial charge in [0.15, 0.2) is 0 Å². The van der Waals surface area contributed by atoms with Gasteiger partial charge in [0.2, 0.25) is 6.41 Å². The van der Waals surface area contributed by atoms with E-state index in [1.54, 1.807) is 45.2 Å². The number of amides is 2. The number of carbonyl (C=O) groups is 2. The number of aliphatic hydroxyl groups is 1. The third-order valence-electron chi connectivity index (χ3n) is 3.11. The zero-order chi connectivity index (χ0) is 15.2. The van der Waals surface area contributed by atoms with E-state index < -0.39 is 11.6 Å². The highest BCUT2D eigenvalue weighted by atomic mass is 16.6.